The van der Waals surface area contributed by atoms with Gasteiger partial charge in [-0.25, -0.2) is 0 Å². The lowest BCUT2D eigenvalue weighted by atomic mass is 9.99. The van der Waals surface area contributed by atoms with Crippen molar-refractivity contribution in [3.63, 3.8) is 0 Å². The first-order chi connectivity index (χ1) is 6.24. The van der Waals surface area contributed by atoms with Crippen molar-refractivity contribution in [2.24, 2.45) is 5.92 Å². The van der Waals surface area contributed by atoms with E-state index in [1.54, 1.807) is 0 Å². The molecule has 0 aliphatic heterocycles. The first kappa shape index (κ1) is 13.4. The maximum Gasteiger partial charge on any atom is 0.242 e. The van der Waals surface area contributed by atoms with Crippen LogP contribution >= 0.6 is 0 Å². The van der Waals surface area contributed by atoms with Crippen LogP contribution < -0.4 is 5.32 Å². The van der Waals surface area contributed by atoms with Crippen LogP contribution in [0.1, 0.15) is 34.6 Å². The Balaban J connectivity index is 4.55. The average Bonchev–Trinajstić information content (AvgIpc) is 2.14. The minimum absolute atomic E-state index is 0.140. The number of likely N-dealkylation sites (N-methyl/N-ethyl adjacent to an activating group) is 2. The molecule has 0 fully saturated rings. The Hall–Kier alpha value is -0.570. The molecule has 0 saturated heterocycles. The van der Waals surface area contributed by atoms with Gasteiger partial charge >= 0.3 is 0 Å². The summed E-state index contributed by atoms with van der Waals surface area (Å²) in [7, 11) is 3.68. The number of amides is 1. The molecular formula is C11H24N2O. The number of carbonyl (C=O) groups excluding carboxylic acids is 1. The van der Waals surface area contributed by atoms with Crippen LogP contribution in [-0.4, -0.2) is 36.5 Å². The molecule has 0 spiro atoms. The number of nitrogens with zero attached hydrogens (tertiary/aromatic N) is 1. The van der Waals surface area contributed by atoms with Crippen molar-refractivity contribution >= 4 is 5.91 Å². The lowest BCUT2D eigenvalue weighted by molar-refractivity contribution is -0.138. The second-order valence-electron chi connectivity index (χ2n) is 4.78. The number of rotatable bonds is 4. The van der Waals surface area contributed by atoms with E-state index in [1.165, 1.54) is 0 Å². The van der Waals surface area contributed by atoms with Gasteiger partial charge in [0.2, 0.25) is 5.91 Å². The lowest BCUT2D eigenvalue weighted by Crippen LogP contribution is -2.54. The molecule has 0 saturated carbocycles. The van der Waals surface area contributed by atoms with E-state index in [0.29, 0.717) is 5.92 Å². The van der Waals surface area contributed by atoms with Gasteiger partial charge in [0.25, 0.3) is 0 Å². The topological polar surface area (TPSA) is 32.3 Å². The molecule has 3 heteroatoms. The maximum absolute atomic E-state index is 12.0. The standard InChI is InChI=1S/C11H24N2O/c1-8(2)9(3)13(7)10(14)11(4,5)12-6/h8-9,12H,1-7H3. The van der Waals surface area contributed by atoms with Crippen LogP contribution in [-0.2, 0) is 4.79 Å². The van der Waals surface area contributed by atoms with Gasteiger partial charge in [-0.3, -0.25) is 4.79 Å². The van der Waals surface area contributed by atoms with Crippen molar-refractivity contribution in [3.8, 4) is 0 Å². The van der Waals surface area contributed by atoms with Gasteiger partial charge in [0.1, 0.15) is 0 Å². The SMILES string of the molecule is CNC(C)(C)C(=O)N(C)C(C)C(C)C. The minimum Gasteiger partial charge on any atom is -0.341 e. The third-order valence-corrected chi connectivity index (χ3v) is 3.06. The molecule has 3 nitrogen and oxygen atoms in total. The van der Waals surface area contributed by atoms with Gasteiger partial charge < -0.3 is 10.2 Å². The molecular weight excluding hydrogens is 176 g/mol. The summed E-state index contributed by atoms with van der Waals surface area (Å²) in [6, 6.07) is 0.273. The van der Waals surface area contributed by atoms with E-state index in [0.717, 1.165) is 0 Å². The van der Waals surface area contributed by atoms with E-state index in [1.807, 2.05) is 32.8 Å². The summed E-state index contributed by atoms with van der Waals surface area (Å²) in [4.78, 5) is 13.8. The number of hydrogen-bond donors (Lipinski definition) is 1. The first-order valence-electron chi connectivity index (χ1n) is 5.20. The van der Waals surface area contributed by atoms with Gasteiger partial charge in [-0.15, -0.1) is 0 Å². The highest BCUT2D eigenvalue weighted by molar-refractivity contribution is 5.85. The molecule has 0 bridgehead atoms. The summed E-state index contributed by atoms with van der Waals surface area (Å²) in [6.07, 6.45) is 0. The van der Waals surface area contributed by atoms with Gasteiger partial charge in [0.05, 0.1) is 5.54 Å². The number of nitrogens with one attached hydrogen (secondary N) is 1. The van der Waals surface area contributed by atoms with Gasteiger partial charge in [-0.1, -0.05) is 13.8 Å². The van der Waals surface area contributed by atoms with Crippen molar-refractivity contribution in [2.75, 3.05) is 14.1 Å². The summed E-state index contributed by atoms with van der Waals surface area (Å²) in [6.45, 7) is 10.1. The normalized spacial score (nSPS) is 14.3. The van der Waals surface area contributed by atoms with Crippen LogP contribution in [0.25, 0.3) is 0 Å². The molecule has 1 N–H and O–H groups in total. The van der Waals surface area contributed by atoms with Crippen molar-refractivity contribution in [1.82, 2.24) is 10.2 Å². The number of carbonyl (C=O) groups is 1. The summed E-state index contributed by atoms with van der Waals surface area (Å²) in [5, 5.41) is 3.02. The molecule has 14 heavy (non-hydrogen) atoms. The quantitative estimate of drug-likeness (QED) is 0.745. The Morgan fingerprint density at radius 3 is 2.00 bits per heavy atom. The zero-order valence-corrected chi connectivity index (χ0v) is 10.5. The molecule has 0 aromatic heterocycles. The van der Waals surface area contributed by atoms with Crippen molar-refractivity contribution in [2.45, 2.75) is 46.2 Å². The molecule has 1 atom stereocenters. The largest absolute Gasteiger partial charge is 0.341 e. The Kier molecular flexibility index (Phi) is 4.59. The average molecular weight is 200 g/mol. The minimum atomic E-state index is -0.474. The molecule has 1 amide bonds. The predicted molar refractivity (Wildman–Crippen MR) is 60.2 cm³/mol. The van der Waals surface area contributed by atoms with Crippen LogP contribution in [0.2, 0.25) is 0 Å². The summed E-state index contributed by atoms with van der Waals surface area (Å²) in [5.41, 5.74) is -0.474. The van der Waals surface area contributed by atoms with Crippen LogP contribution in [0, 0.1) is 5.92 Å². The Morgan fingerprint density at radius 1 is 1.29 bits per heavy atom. The Labute approximate surface area is 87.9 Å². The van der Waals surface area contributed by atoms with E-state index in [4.69, 9.17) is 0 Å². The lowest BCUT2D eigenvalue weighted by Gasteiger charge is -2.34. The van der Waals surface area contributed by atoms with Crippen molar-refractivity contribution in [1.29, 1.82) is 0 Å². The van der Waals surface area contributed by atoms with E-state index in [-0.39, 0.29) is 11.9 Å². The highest BCUT2D eigenvalue weighted by Gasteiger charge is 2.31. The smallest absolute Gasteiger partial charge is 0.242 e. The van der Waals surface area contributed by atoms with Crippen LogP contribution in [0.15, 0.2) is 0 Å². The zero-order chi connectivity index (χ0) is 11.5. The molecule has 0 radical (unpaired) electrons. The summed E-state index contributed by atoms with van der Waals surface area (Å²) in [5.74, 6) is 0.623. The molecule has 0 aromatic carbocycles. The van der Waals surface area contributed by atoms with E-state index in [9.17, 15) is 4.79 Å². The van der Waals surface area contributed by atoms with E-state index in [2.05, 4.69) is 26.1 Å². The Bertz CT molecular complexity index is 199. The fourth-order valence-electron chi connectivity index (χ4n) is 1.18. The molecule has 0 heterocycles. The third kappa shape index (κ3) is 2.98. The molecule has 84 valence electrons. The fraction of sp³-hybridized carbons (Fsp3) is 0.909. The summed E-state index contributed by atoms with van der Waals surface area (Å²) >= 11 is 0. The molecule has 0 aromatic rings. The first-order valence-corrected chi connectivity index (χ1v) is 5.20. The van der Waals surface area contributed by atoms with E-state index < -0.39 is 5.54 Å². The molecule has 0 rings (SSSR count). The second kappa shape index (κ2) is 4.78. The van der Waals surface area contributed by atoms with Gasteiger partial charge in [0, 0.05) is 13.1 Å². The van der Waals surface area contributed by atoms with Gasteiger partial charge in [-0.05, 0) is 33.7 Å². The van der Waals surface area contributed by atoms with Gasteiger partial charge in [-0.2, -0.15) is 0 Å². The van der Waals surface area contributed by atoms with Crippen molar-refractivity contribution in [3.05, 3.63) is 0 Å². The maximum atomic E-state index is 12.0. The van der Waals surface area contributed by atoms with Crippen molar-refractivity contribution < 1.29 is 4.79 Å². The molecule has 0 aliphatic carbocycles. The number of hydrogen-bond acceptors (Lipinski definition) is 2. The predicted octanol–water partition coefficient (Wildman–Crippen LogP) is 1.49. The molecule has 0 aliphatic rings. The second-order valence-corrected chi connectivity index (χ2v) is 4.78. The Morgan fingerprint density at radius 2 is 1.71 bits per heavy atom. The molecule has 1 unspecified atom stereocenters. The third-order valence-electron chi connectivity index (χ3n) is 3.06. The highest BCUT2D eigenvalue weighted by atomic mass is 16.2. The van der Waals surface area contributed by atoms with Crippen LogP contribution in [0.3, 0.4) is 0 Å². The monoisotopic (exact) mass is 200 g/mol. The zero-order valence-electron chi connectivity index (χ0n) is 10.5. The van der Waals surface area contributed by atoms with Gasteiger partial charge in [0.15, 0.2) is 0 Å². The fourth-order valence-corrected chi connectivity index (χ4v) is 1.18. The van der Waals surface area contributed by atoms with Crippen LogP contribution in [0.5, 0.6) is 0 Å². The summed E-state index contributed by atoms with van der Waals surface area (Å²) < 4.78 is 0. The van der Waals surface area contributed by atoms with Crippen LogP contribution in [0.4, 0.5) is 0 Å². The highest BCUT2D eigenvalue weighted by Crippen LogP contribution is 2.13. The van der Waals surface area contributed by atoms with E-state index >= 15 is 0 Å².